The standard InChI is InChI=1S/C28H38O7/c1-16(29)34-20-9-11-26(3)19(13-20)6-7-22-21(26)10-12-27(4)25(18-5-8-24(31)33-15-18)23(35-17(2)30)14-28(22,27)32/h5,8,15,19-23,25,32H,6-7,9-14H2,1-4H3/t19-,20+,21?,22?,23+,25+,26+,27-,28-/m1/s1. The molecule has 4 fully saturated rings. The zero-order valence-corrected chi connectivity index (χ0v) is 21.2. The molecular formula is C28H38O7. The molecule has 0 radical (unpaired) electrons. The number of fused-ring (bicyclic) bond motifs is 5. The molecule has 7 heteroatoms. The van der Waals surface area contributed by atoms with Crippen molar-refractivity contribution < 1.29 is 28.6 Å². The summed E-state index contributed by atoms with van der Waals surface area (Å²) in [6.45, 7) is 7.41. The van der Waals surface area contributed by atoms with Crippen LogP contribution in [0.5, 0.6) is 0 Å². The summed E-state index contributed by atoms with van der Waals surface area (Å²) in [5.74, 6) is 0.126. The van der Waals surface area contributed by atoms with E-state index in [1.165, 1.54) is 26.2 Å². The second-order valence-electron chi connectivity index (χ2n) is 12.1. The highest BCUT2D eigenvalue weighted by Gasteiger charge is 2.70. The minimum atomic E-state index is -0.989. The van der Waals surface area contributed by atoms with Crippen molar-refractivity contribution in [2.24, 2.45) is 28.6 Å². The van der Waals surface area contributed by atoms with Gasteiger partial charge in [0, 0.05) is 37.7 Å². The fourth-order valence-electron chi connectivity index (χ4n) is 8.99. The third kappa shape index (κ3) is 3.76. The van der Waals surface area contributed by atoms with Gasteiger partial charge < -0.3 is 19.0 Å². The molecule has 0 spiro atoms. The molecule has 9 atom stereocenters. The van der Waals surface area contributed by atoms with Crippen molar-refractivity contribution in [2.75, 3.05) is 0 Å². The van der Waals surface area contributed by atoms with E-state index in [1.54, 1.807) is 6.07 Å². The van der Waals surface area contributed by atoms with Crippen LogP contribution in [0.1, 0.15) is 90.5 Å². The van der Waals surface area contributed by atoms with Gasteiger partial charge in [0.1, 0.15) is 12.2 Å². The zero-order valence-electron chi connectivity index (χ0n) is 21.2. The molecule has 7 nitrogen and oxygen atoms in total. The lowest BCUT2D eigenvalue weighted by Gasteiger charge is -2.63. The SMILES string of the molecule is CC(=O)O[C@H]1CC[C@]2(C)C3CC[C@]4(C)[C@@H](c5ccc(=O)oc5)[C@@H](OC(C)=O)C[C@@]4(O)C3CC[C@@H]2C1. The van der Waals surface area contributed by atoms with Gasteiger partial charge in [-0.1, -0.05) is 13.8 Å². The highest BCUT2D eigenvalue weighted by Crippen LogP contribution is 2.71. The lowest BCUT2D eigenvalue weighted by molar-refractivity contribution is -0.207. The second-order valence-corrected chi connectivity index (χ2v) is 12.1. The van der Waals surface area contributed by atoms with E-state index in [9.17, 15) is 19.5 Å². The quantitative estimate of drug-likeness (QED) is 0.634. The molecule has 1 aromatic rings. The number of esters is 2. The first-order valence-electron chi connectivity index (χ1n) is 13.1. The number of hydrogen-bond acceptors (Lipinski definition) is 7. The Kier molecular flexibility index (Phi) is 5.93. The Hall–Kier alpha value is -2.15. The van der Waals surface area contributed by atoms with Crippen molar-refractivity contribution >= 4 is 11.9 Å². The molecule has 0 bridgehead atoms. The molecule has 2 unspecified atom stereocenters. The van der Waals surface area contributed by atoms with Crippen LogP contribution < -0.4 is 5.63 Å². The first-order valence-corrected chi connectivity index (χ1v) is 13.1. The predicted octanol–water partition coefficient (Wildman–Crippen LogP) is 4.35. The summed E-state index contributed by atoms with van der Waals surface area (Å²) in [6, 6.07) is 3.16. The number of aliphatic hydroxyl groups is 1. The van der Waals surface area contributed by atoms with E-state index in [4.69, 9.17) is 13.9 Å². The number of rotatable bonds is 3. The van der Waals surface area contributed by atoms with Gasteiger partial charge in [-0.15, -0.1) is 0 Å². The molecule has 35 heavy (non-hydrogen) atoms. The molecule has 4 aliphatic rings. The number of hydrogen-bond donors (Lipinski definition) is 1. The van der Waals surface area contributed by atoms with Crippen LogP contribution in [-0.2, 0) is 19.1 Å². The van der Waals surface area contributed by atoms with Crippen LogP contribution in [0.15, 0.2) is 27.6 Å². The number of ether oxygens (including phenoxy) is 2. The van der Waals surface area contributed by atoms with Crippen LogP contribution in [0, 0.1) is 28.6 Å². The largest absolute Gasteiger partial charge is 0.463 e. The van der Waals surface area contributed by atoms with E-state index in [-0.39, 0.29) is 35.3 Å². The van der Waals surface area contributed by atoms with E-state index in [1.807, 2.05) is 0 Å². The van der Waals surface area contributed by atoms with Crippen LogP contribution in [0.2, 0.25) is 0 Å². The molecular weight excluding hydrogens is 448 g/mol. The van der Waals surface area contributed by atoms with Gasteiger partial charge in [-0.3, -0.25) is 9.59 Å². The monoisotopic (exact) mass is 486 g/mol. The highest BCUT2D eigenvalue weighted by molar-refractivity contribution is 5.66. The fourth-order valence-corrected chi connectivity index (χ4v) is 8.99. The van der Waals surface area contributed by atoms with Gasteiger partial charge in [0.2, 0.25) is 0 Å². The molecule has 0 aliphatic heterocycles. The van der Waals surface area contributed by atoms with Crippen LogP contribution in [0.3, 0.4) is 0 Å². The Bertz CT molecular complexity index is 1040. The van der Waals surface area contributed by atoms with E-state index < -0.39 is 22.7 Å². The van der Waals surface area contributed by atoms with Crippen LogP contribution >= 0.6 is 0 Å². The van der Waals surface area contributed by atoms with Gasteiger partial charge in [-0.05, 0) is 79.7 Å². The normalized spacial score (nSPS) is 44.5. The maximum atomic E-state index is 12.6. The number of carbonyl (C=O) groups excluding carboxylic acids is 2. The molecule has 192 valence electrons. The highest BCUT2D eigenvalue weighted by atomic mass is 16.5. The van der Waals surface area contributed by atoms with Crippen molar-refractivity contribution in [3.05, 3.63) is 34.4 Å². The van der Waals surface area contributed by atoms with Gasteiger partial charge in [0.25, 0.3) is 0 Å². The lowest BCUT2D eigenvalue weighted by atomic mass is 9.43. The maximum Gasteiger partial charge on any atom is 0.335 e. The van der Waals surface area contributed by atoms with Crippen molar-refractivity contribution in [3.8, 4) is 0 Å². The van der Waals surface area contributed by atoms with Crippen LogP contribution in [0.4, 0.5) is 0 Å². The summed E-state index contributed by atoms with van der Waals surface area (Å²) in [5, 5.41) is 12.6. The average molecular weight is 487 g/mol. The summed E-state index contributed by atoms with van der Waals surface area (Å²) < 4.78 is 16.6. The Morgan fingerprint density at radius 3 is 2.40 bits per heavy atom. The zero-order chi connectivity index (χ0) is 25.2. The van der Waals surface area contributed by atoms with Gasteiger partial charge in [-0.2, -0.15) is 0 Å². The lowest BCUT2D eigenvalue weighted by Crippen LogP contribution is -2.62. The molecule has 1 N–H and O–H groups in total. The first-order chi connectivity index (χ1) is 16.5. The molecule has 1 heterocycles. The minimum absolute atomic E-state index is 0.00369. The maximum absolute atomic E-state index is 12.6. The van der Waals surface area contributed by atoms with Crippen LogP contribution in [-0.4, -0.2) is 34.9 Å². The van der Waals surface area contributed by atoms with Crippen LogP contribution in [0.25, 0.3) is 0 Å². The van der Waals surface area contributed by atoms with Gasteiger partial charge in [-0.25, -0.2) is 4.79 Å². The molecule has 5 rings (SSSR count). The summed E-state index contributed by atoms with van der Waals surface area (Å²) in [6.07, 6.45) is 7.86. The topological polar surface area (TPSA) is 103 Å². The Labute approximate surface area is 206 Å². The molecule has 0 saturated heterocycles. The fraction of sp³-hybridized carbons (Fsp3) is 0.750. The van der Waals surface area contributed by atoms with E-state index >= 15 is 0 Å². The third-order valence-corrected chi connectivity index (χ3v) is 10.5. The summed E-state index contributed by atoms with van der Waals surface area (Å²) in [4.78, 5) is 35.2. The first kappa shape index (κ1) is 24.5. The van der Waals surface area contributed by atoms with Crippen molar-refractivity contribution in [2.45, 2.75) is 103 Å². The molecule has 1 aromatic heterocycles. The average Bonchev–Trinajstić information content (AvgIpc) is 3.00. The van der Waals surface area contributed by atoms with Crippen molar-refractivity contribution in [1.29, 1.82) is 0 Å². The molecule has 0 aromatic carbocycles. The van der Waals surface area contributed by atoms with E-state index in [0.29, 0.717) is 18.3 Å². The van der Waals surface area contributed by atoms with Gasteiger partial charge in [0.05, 0.1) is 11.9 Å². The Morgan fingerprint density at radius 2 is 1.74 bits per heavy atom. The van der Waals surface area contributed by atoms with Crippen molar-refractivity contribution in [3.63, 3.8) is 0 Å². The van der Waals surface area contributed by atoms with Gasteiger partial charge in [0.15, 0.2) is 0 Å². The predicted molar refractivity (Wildman–Crippen MR) is 127 cm³/mol. The van der Waals surface area contributed by atoms with E-state index in [2.05, 4.69) is 13.8 Å². The number of carbonyl (C=O) groups is 2. The van der Waals surface area contributed by atoms with E-state index in [0.717, 1.165) is 50.5 Å². The Morgan fingerprint density at radius 1 is 1.00 bits per heavy atom. The summed E-state index contributed by atoms with van der Waals surface area (Å²) in [5.41, 5.74) is -1.03. The molecule has 0 amide bonds. The third-order valence-electron chi connectivity index (χ3n) is 10.5. The van der Waals surface area contributed by atoms with Gasteiger partial charge >= 0.3 is 17.6 Å². The molecule has 4 aliphatic carbocycles. The smallest absolute Gasteiger partial charge is 0.335 e. The minimum Gasteiger partial charge on any atom is -0.463 e. The Balaban J connectivity index is 1.48. The second kappa shape index (κ2) is 8.46. The van der Waals surface area contributed by atoms with Crippen molar-refractivity contribution in [1.82, 2.24) is 0 Å². The molecule has 4 saturated carbocycles. The summed E-state index contributed by atoms with van der Waals surface area (Å²) in [7, 11) is 0. The summed E-state index contributed by atoms with van der Waals surface area (Å²) >= 11 is 0.